The number of piperidine rings is 1. The standard InChI is InChI=1S/C17H21F3N2O.ClH/c1-10-9-21-6-5-15(10)22-16(23)14-8-13(14)11-3-2-4-12(7-11)17(18,19)20;/h2-4,7,10,13-15,21H,5-6,8-9H2,1H3,(H,22,23);1H. The van der Waals surface area contributed by atoms with Crippen molar-refractivity contribution in [3.8, 4) is 0 Å². The third kappa shape index (κ3) is 4.22. The van der Waals surface area contributed by atoms with Crippen molar-refractivity contribution in [2.75, 3.05) is 13.1 Å². The van der Waals surface area contributed by atoms with E-state index in [2.05, 4.69) is 17.6 Å². The fourth-order valence-corrected chi connectivity index (χ4v) is 3.32. The summed E-state index contributed by atoms with van der Waals surface area (Å²) < 4.78 is 38.3. The van der Waals surface area contributed by atoms with Crippen LogP contribution in [0.2, 0.25) is 0 Å². The van der Waals surface area contributed by atoms with Crippen molar-refractivity contribution < 1.29 is 18.0 Å². The Morgan fingerprint density at radius 1 is 1.33 bits per heavy atom. The molecule has 3 rings (SSSR count). The summed E-state index contributed by atoms with van der Waals surface area (Å²) in [6.07, 6.45) is -2.81. The smallest absolute Gasteiger partial charge is 0.353 e. The van der Waals surface area contributed by atoms with Crippen LogP contribution in [0, 0.1) is 11.8 Å². The van der Waals surface area contributed by atoms with Gasteiger partial charge < -0.3 is 10.6 Å². The number of rotatable bonds is 3. The van der Waals surface area contributed by atoms with Gasteiger partial charge in [-0.15, -0.1) is 12.4 Å². The van der Waals surface area contributed by atoms with Crippen LogP contribution in [0.5, 0.6) is 0 Å². The summed E-state index contributed by atoms with van der Waals surface area (Å²) in [6, 6.07) is 5.50. The molecule has 1 amide bonds. The van der Waals surface area contributed by atoms with Crippen LogP contribution in [0.1, 0.15) is 36.8 Å². The second-order valence-corrected chi connectivity index (χ2v) is 6.66. The molecule has 2 fully saturated rings. The largest absolute Gasteiger partial charge is 0.416 e. The van der Waals surface area contributed by atoms with Gasteiger partial charge in [0.1, 0.15) is 0 Å². The van der Waals surface area contributed by atoms with Crippen LogP contribution in [0.3, 0.4) is 0 Å². The summed E-state index contributed by atoms with van der Waals surface area (Å²) in [6.45, 7) is 3.86. The zero-order chi connectivity index (χ0) is 16.6. The number of benzene rings is 1. The summed E-state index contributed by atoms with van der Waals surface area (Å²) in [5, 5.41) is 6.35. The van der Waals surface area contributed by atoms with Crippen molar-refractivity contribution in [2.24, 2.45) is 11.8 Å². The number of halogens is 4. The Morgan fingerprint density at radius 3 is 2.75 bits per heavy atom. The highest BCUT2D eigenvalue weighted by molar-refractivity contribution is 5.85. The highest BCUT2D eigenvalue weighted by Gasteiger charge is 2.45. The van der Waals surface area contributed by atoms with Crippen molar-refractivity contribution in [1.82, 2.24) is 10.6 Å². The van der Waals surface area contributed by atoms with Crippen LogP contribution in [0.15, 0.2) is 24.3 Å². The first kappa shape index (κ1) is 19.1. The number of carbonyl (C=O) groups excluding carboxylic acids is 1. The normalized spacial score (nSPS) is 29.5. The molecule has 1 heterocycles. The quantitative estimate of drug-likeness (QED) is 0.865. The second kappa shape index (κ2) is 7.31. The van der Waals surface area contributed by atoms with E-state index < -0.39 is 11.7 Å². The van der Waals surface area contributed by atoms with Crippen molar-refractivity contribution in [3.05, 3.63) is 35.4 Å². The molecule has 7 heteroatoms. The molecule has 2 N–H and O–H groups in total. The first-order valence-corrected chi connectivity index (χ1v) is 8.04. The number of hydrogen-bond acceptors (Lipinski definition) is 2. The third-order valence-electron chi connectivity index (χ3n) is 4.88. The molecule has 1 saturated heterocycles. The van der Waals surface area contributed by atoms with Gasteiger partial charge in [0.2, 0.25) is 5.91 Å². The Hall–Kier alpha value is -1.27. The van der Waals surface area contributed by atoms with Gasteiger partial charge in [-0.1, -0.05) is 25.1 Å². The van der Waals surface area contributed by atoms with Crippen LogP contribution in [0.25, 0.3) is 0 Å². The van der Waals surface area contributed by atoms with Crippen molar-refractivity contribution in [2.45, 2.75) is 37.9 Å². The topological polar surface area (TPSA) is 41.1 Å². The van der Waals surface area contributed by atoms with E-state index in [0.29, 0.717) is 17.9 Å². The monoisotopic (exact) mass is 362 g/mol. The molecule has 2 aliphatic rings. The molecule has 24 heavy (non-hydrogen) atoms. The summed E-state index contributed by atoms with van der Waals surface area (Å²) in [7, 11) is 0. The number of carbonyl (C=O) groups is 1. The van der Waals surface area contributed by atoms with Gasteiger partial charge in [-0.3, -0.25) is 4.79 Å². The van der Waals surface area contributed by atoms with Crippen molar-refractivity contribution >= 4 is 18.3 Å². The van der Waals surface area contributed by atoms with Gasteiger partial charge in [-0.05, 0) is 49.4 Å². The van der Waals surface area contributed by atoms with E-state index >= 15 is 0 Å². The fourth-order valence-electron chi connectivity index (χ4n) is 3.32. The van der Waals surface area contributed by atoms with Crippen LogP contribution < -0.4 is 10.6 Å². The molecule has 4 atom stereocenters. The van der Waals surface area contributed by atoms with Crippen LogP contribution in [-0.4, -0.2) is 25.0 Å². The maximum atomic E-state index is 12.8. The summed E-state index contributed by atoms with van der Waals surface area (Å²) in [5.41, 5.74) is -0.0358. The van der Waals surface area contributed by atoms with E-state index in [4.69, 9.17) is 0 Å². The van der Waals surface area contributed by atoms with Gasteiger partial charge in [0.15, 0.2) is 0 Å². The summed E-state index contributed by atoms with van der Waals surface area (Å²) in [5.74, 6) is 0.0690. The zero-order valence-corrected chi connectivity index (χ0v) is 14.2. The van der Waals surface area contributed by atoms with Gasteiger partial charge in [-0.25, -0.2) is 0 Å². The predicted octanol–water partition coefficient (Wildman–Crippen LogP) is 3.34. The molecular formula is C17H22ClF3N2O. The molecule has 1 aliphatic heterocycles. The maximum absolute atomic E-state index is 12.8. The minimum absolute atomic E-state index is 0. The molecule has 4 unspecified atom stereocenters. The second-order valence-electron chi connectivity index (χ2n) is 6.66. The summed E-state index contributed by atoms with van der Waals surface area (Å²) in [4.78, 5) is 12.3. The SMILES string of the molecule is CC1CNCCC1NC(=O)C1CC1c1cccc(C(F)(F)F)c1.Cl. The average molecular weight is 363 g/mol. The van der Waals surface area contributed by atoms with Crippen LogP contribution in [-0.2, 0) is 11.0 Å². The molecule has 1 aliphatic carbocycles. The van der Waals surface area contributed by atoms with E-state index in [-0.39, 0.29) is 36.2 Å². The maximum Gasteiger partial charge on any atom is 0.416 e. The van der Waals surface area contributed by atoms with Gasteiger partial charge in [0, 0.05) is 12.0 Å². The first-order valence-electron chi connectivity index (χ1n) is 8.04. The molecule has 1 saturated carbocycles. The minimum atomic E-state index is -4.34. The van der Waals surface area contributed by atoms with Gasteiger partial charge in [-0.2, -0.15) is 13.2 Å². The molecule has 0 bridgehead atoms. The Kier molecular flexibility index (Phi) is 5.81. The molecule has 134 valence electrons. The van der Waals surface area contributed by atoms with E-state index in [1.807, 2.05) is 0 Å². The lowest BCUT2D eigenvalue weighted by molar-refractivity contribution is -0.137. The van der Waals surface area contributed by atoms with Gasteiger partial charge in [0.05, 0.1) is 5.56 Å². The van der Waals surface area contributed by atoms with Crippen molar-refractivity contribution in [3.63, 3.8) is 0 Å². The predicted molar refractivity (Wildman–Crippen MR) is 88.1 cm³/mol. The number of alkyl halides is 3. The van der Waals surface area contributed by atoms with Crippen LogP contribution in [0.4, 0.5) is 13.2 Å². The summed E-state index contributed by atoms with van der Waals surface area (Å²) >= 11 is 0. The average Bonchev–Trinajstić information content (AvgIpc) is 3.29. The first-order chi connectivity index (χ1) is 10.9. The number of hydrogen-bond donors (Lipinski definition) is 2. The lowest BCUT2D eigenvalue weighted by Gasteiger charge is -2.30. The molecular weight excluding hydrogens is 341 g/mol. The molecule has 1 aromatic rings. The third-order valence-corrected chi connectivity index (χ3v) is 4.88. The highest BCUT2D eigenvalue weighted by Crippen LogP contribution is 2.48. The van der Waals surface area contributed by atoms with E-state index in [9.17, 15) is 18.0 Å². The van der Waals surface area contributed by atoms with E-state index in [1.54, 1.807) is 6.07 Å². The molecule has 0 aromatic heterocycles. The zero-order valence-electron chi connectivity index (χ0n) is 13.4. The van der Waals surface area contributed by atoms with Crippen LogP contribution >= 0.6 is 12.4 Å². The van der Waals surface area contributed by atoms with Gasteiger partial charge >= 0.3 is 6.18 Å². The molecule has 1 aromatic carbocycles. The molecule has 0 radical (unpaired) electrons. The Balaban J connectivity index is 0.00000208. The fraction of sp³-hybridized carbons (Fsp3) is 0.588. The molecule has 3 nitrogen and oxygen atoms in total. The Bertz CT molecular complexity index is 593. The Labute approximate surface area is 145 Å². The van der Waals surface area contributed by atoms with Gasteiger partial charge in [0.25, 0.3) is 0 Å². The molecule has 0 spiro atoms. The number of amides is 1. The Morgan fingerprint density at radius 2 is 2.08 bits per heavy atom. The van der Waals surface area contributed by atoms with E-state index in [0.717, 1.165) is 25.6 Å². The minimum Gasteiger partial charge on any atom is -0.353 e. The lowest BCUT2D eigenvalue weighted by Crippen LogP contribution is -2.48. The van der Waals surface area contributed by atoms with Crippen molar-refractivity contribution in [1.29, 1.82) is 0 Å². The van der Waals surface area contributed by atoms with E-state index in [1.165, 1.54) is 12.1 Å². The highest BCUT2D eigenvalue weighted by atomic mass is 35.5. The lowest BCUT2D eigenvalue weighted by atomic mass is 9.95. The number of nitrogens with one attached hydrogen (secondary N) is 2.